The molecule has 2 aromatic carbocycles. The molecular formula is C18H23ClN2. The van der Waals surface area contributed by atoms with E-state index in [-0.39, 0.29) is 11.5 Å². The third-order valence-electron chi connectivity index (χ3n) is 3.73. The van der Waals surface area contributed by atoms with E-state index in [1.165, 1.54) is 11.1 Å². The number of nitrogens with one attached hydrogen (secondary N) is 1. The minimum atomic E-state index is 0.0859. The predicted octanol–water partition coefficient (Wildman–Crippen LogP) is 4.38. The summed E-state index contributed by atoms with van der Waals surface area (Å²) in [6, 6.07) is 16.7. The highest BCUT2D eigenvalue weighted by molar-refractivity contribution is 6.30. The van der Waals surface area contributed by atoms with E-state index >= 15 is 0 Å². The Morgan fingerprint density at radius 1 is 1.00 bits per heavy atom. The highest BCUT2D eigenvalue weighted by Gasteiger charge is 2.14. The van der Waals surface area contributed by atoms with Crippen LogP contribution in [-0.2, 0) is 11.8 Å². The average Bonchev–Trinajstić information content (AvgIpc) is 2.45. The largest absolute Gasteiger partial charge is 0.271 e. The lowest BCUT2D eigenvalue weighted by atomic mass is 9.86. The van der Waals surface area contributed by atoms with Gasteiger partial charge in [-0.1, -0.05) is 68.8 Å². The molecule has 2 rings (SSSR count). The van der Waals surface area contributed by atoms with Gasteiger partial charge in [0.2, 0.25) is 0 Å². The molecule has 0 saturated heterocycles. The third-order valence-corrected chi connectivity index (χ3v) is 3.99. The molecule has 0 saturated carbocycles. The van der Waals surface area contributed by atoms with Gasteiger partial charge in [-0.05, 0) is 40.7 Å². The van der Waals surface area contributed by atoms with Gasteiger partial charge in [0.1, 0.15) is 0 Å². The summed E-state index contributed by atoms with van der Waals surface area (Å²) in [5.74, 6) is 5.71. The van der Waals surface area contributed by atoms with Crippen LogP contribution < -0.4 is 11.3 Å². The van der Waals surface area contributed by atoms with E-state index < -0.39 is 0 Å². The molecule has 0 fully saturated rings. The van der Waals surface area contributed by atoms with Crippen molar-refractivity contribution in [2.24, 2.45) is 5.84 Å². The second-order valence-electron chi connectivity index (χ2n) is 6.42. The van der Waals surface area contributed by atoms with Crippen LogP contribution in [0.4, 0.5) is 0 Å². The summed E-state index contributed by atoms with van der Waals surface area (Å²) in [4.78, 5) is 0. The molecule has 0 aliphatic heterocycles. The van der Waals surface area contributed by atoms with E-state index in [4.69, 9.17) is 17.4 Å². The third kappa shape index (κ3) is 4.31. The van der Waals surface area contributed by atoms with Crippen molar-refractivity contribution in [1.29, 1.82) is 0 Å². The van der Waals surface area contributed by atoms with E-state index in [0.717, 1.165) is 17.0 Å². The summed E-state index contributed by atoms with van der Waals surface area (Å²) >= 11 is 5.93. The molecule has 1 unspecified atom stereocenters. The van der Waals surface area contributed by atoms with Crippen molar-refractivity contribution in [1.82, 2.24) is 5.43 Å². The van der Waals surface area contributed by atoms with Gasteiger partial charge in [-0.25, -0.2) is 0 Å². The Bertz CT molecular complexity index is 568. The minimum absolute atomic E-state index is 0.0859. The fourth-order valence-electron chi connectivity index (χ4n) is 2.34. The van der Waals surface area contributed by atoms with Crippen molar-refractivity contribution in [2.75, 3.05) is 0 Å². The van der Waals surface area contributed by atoms with Gasteiger partial charge in [0, 0.05) is 11.1 Å². The van der Waals surface area contributed by atoms with E-state index in [2.05, 4.69) is 50.5 Å². The van der Waals surface area contributed by atoms with Crippen LogP contribution in [-0.4, -0.2) is 0 Å². The fourth-order valence-corrected chi connectivity index (χ4v) is 2.47. The zero-order valence-electron chi connectivity index (χ0n) is 12.9. The van der Waals surface area contributed by atoms with Crippen molar-refractivity contribution >= 4 is 11.6 Å². The Balaban J connectivity index is 2.13. The fraction of sp³-hybridized carbons (Fsp3) is 0.333. The summed E-state index contributed by atoms with van der Waals surface area (Å²) in [6.07, 6.45) is 0.850. The molecule has 21 heavy (non-hydrogen) atoms. The van der Waals surface area contributed by atoms with Gasteiger partial charge in [0.05, 0.1) is 0 Å². The van der Waals surface area contributed by atoms with Crippen LogP contribution >= 0.6 is 11.6 Å². The normalized spacial score (nSPS) is 13.2. The van der Waals surface area contributed by atoms with E-state index in [0.29, 0.717) is 0 Å². The van der Waals surface area contributed by atoms with Crippen LogP contribution in [0.25, 0.3) is 0 Å². The average molecular weight is 303 g/mol. The van der Waals surface area contributed by atoms with Crippen LogP contribution in [0.3, 0.4) is 0 Å². The van der Waals surface area contributed by atoms with Gasteiger partial charge in [-0.15, -0.1) is 0 Å². The van der Waals surface area contributed by atoms with E-state index in [1.807, 2.05) is 24.3 Å². The monoisotopic (exact) mass is 302 g/mol. The summed E-state index contributed by atoms with van der Waals surface area (Å²) in [5.41, 5.74) is 6.82. The van der Waals surface area contributed by atoms with Crippen molar-refractivity contribution in [3.05, 3.63) is 70.2 Å². The quantitative estimate of drug-likeness (QED) is 0.649. The molecule has 0 radical (unpaired) electrons. The van der Waals surface area contributed by atoms with Crippen LogP contribution in [0.2, 0.25) is 5.02 Å². The number of benzene rings is 2. The lowest BCUT2D eigenvalue weighted by molar-refractivity contribution is 0.551. The molecule has 3 N–H and O–H groups in total. The van der Waals surface area contributed by atoms with Crippen LogP contribution in [0.1, 0.15) is 43.5 Å². The maximum atomic E-state index is 5.93. The van der Waals surface area contributed by atoms with Crippen LogP contribution in [0, 0.1) is 0 Å². The molecular weight excluding hydrogens is 280 g/mol. The SMILES string of the molecule is CC(C)(C)c1ccc(CC(NN)c2ccc(Cl)cc2)cc1. The lowest BCUT2D eigenvalue weighted by Gasteiger charge is -2.20. The smallest absolute Gasteiger partial charge is 0.0500 e. The standard InChI is InChI=1S/C18H23ClN2/c1-18(2,3)15-8-4-13(5-9-15)12-17(21-20)14-6-10-16(19)11-7-14/h4-11,17,21H,12,20H2,1-3H3. The number of nitrogens with two attached hydrogens (primary N) is 1. The molecule has 0 aliphatic carbocycles. The van der Waals surface area contributed by atoms with E-state index in [9.17, 15) is 0 Å². The minimum Gasteiger partial charge on any atom is -0.271 e. The highest BCUT2D eigenvalue weighted by atomic mass is 35.5. The second-order valence-corrected chi connectivity index (χ2v) is 6.86. The molecule has 0 aliphatic rings. The first kappa shape index (κ1) is 16.0. The van der Waals surface area contributed by atoms with Crippen molar-refractivity contribution < 1.29 is 0 Å². The zero-order chi connectivity index (χ0) is 15.5. The first-order chi connectivity index (χ1) is 9.90. The van der Waals surface area contributed by atoms with Gasteiger partial charge in [-0.2, -0.15) is 0 Å². The first-order valence-corrected chi connectivity index (χ1v) is 7.59. The molecule has 0 spiro atoms. The van der Waals surface area contributed by atoms with Gasteiger partial charge in [0.25, 0.3) is 0 Å². The topological polar surface area (TPSA) is 38.0 Å². The lowest BCUT2D eigenvalue weighted by Crippen LogP contribution is -2.29. The Kier molecular flexibility index (Phi) is 5.04. The summed E-state index contributed by atoms with van der Waals surface area (Å²) in [7, 11) is 0. The van der Waals surface area contributed by atoms with E-state index in [1.54, 1.807) is 0 Å². The molecule has 2 nitrogen and oxygen atoms in total. The van der Waals surface area contributed by atoms with Gasteiger partial charge < -0.3 is 0 Å². The molecule has 0 heterocycles. The van der Waals surface area contributed by atoms with Gasteiger partial charge in [-0.3, -0.25) is 11.3 Å². The molecule has 0 amide bonds. The Hall–Kier alpha value is -1.35. The van der Waals surface area contributed by atoms with Crippen LogP contribution in [0.15, 0.2) is 48.5 Å². The maximum Gasteiger partial charge on any atom is 0.0500 e. The van der Waals surface area contributed by atoms with Gasteiger partial charge >= 0.3 is 0 Å². The highest BCUT2D eigenvalue weighted by Crippen LogP contribution is 2.24. The molecule has 2 aromatic rings. The number of hydrazine groups is 1. The van der Waals surface area contributed by atoms with Crippen molar-refractivity contribution in [2.45, 2.75) is 38.6 Å². The van der Waals surface area contributed by atoms with Crippen LogP contribution in [0.5, 0.6) is 0 Å². The van der Waals surface area contributed by atoms with Crippen molar-refractivity contribution in [3.63, 3.8) is 0 Å². The number of hydrogen-bond acceptors (Lipinski definition) is 2. The Morgan fingerprint density at radius 2 is 1.57 bits per heavy atom. The zero-order valence-corrected chi connectivity index (χ0v) is 13.6. The molecule has 1 atom stereocenters. The predicted molar refractivity (Wildman–Crippen MR) is 90.4 cm³/mol. The molecule has 0 bridgehead atoms. The summed E-state index contributed by atoms with van der Waals surface area (Å²) in [5, 5.41) is 0.740. The number of halogens is 1. The molecule has 112 valence electrons. The Labute approximate surface area is 132 Å². The summed E-state index contributed by atoms with van der Waals surface area (Å²) in [6.45, 7) is 6.67. The molecule has 0 aromatic heterocycles. The molecule has 3 heteroatoms. The van der Waals surface area contributed by atoms with Gasteiger partial charge in [0.15, 0.2) is 0 Å². The Morgan fingerprint density at radius 3 is 2.05 bits per heavy atom. The van der Waals surface area contributed by atoms with Crippen molar-refractivity contribution in [3.8, 4) is 0 Å². The number of rotatable bonds is 4. The first-order valence-electron chi connectivity index (χ1n) is 7.21. The summed E-state index contributed by atoms with van der Waals surface area (Å²) < 4.78 is 0. The maximum absolute atomic E-state index is 5.93. The second kappa shape index (κ2) is 6.61. The number of hydrogen-bond donors (Lipinski definition) is 2.